The molecule has 2 aromatic rings. The third-order valence-electron chi connectivity index (χ3n) is 2.26. The zero-order valence-corrected chi connectivity index (χ0v) is 11.3. The summed E-state index contributed by atoms with van der Waals surface area (Å²) in [6, 6.07) is 5.83. The lowest BCUT2D eigenvalue weighted by molar-refractivity contribution is 0.458. The molecule has 0 aliphatic carbocycles. The summed E-state index contributed by atoms with van der Waals surface area (Å²) >= 11 is 1.43. The van der Waals surface area contributed by atoms with Gasteiger partial charge in [0.05, 0.1) is 5.01 Å². The number of para-hydroxylation sites is 1. The molecule has 2 N–H and O–H groups in total. The Morgan fingerprint density at radius 1 is 1.39 bits per heavy atom. The highest BCUT2D eigenvalue weighted by Gasteiger charge is 2.17. The van der Waals surface area contributed by atoms with E-state index in [1.54, 1.807) is 18.3 Å². The molecule has 18 heavy (non-hydrogen) atoms. The van der Waals surface area contributed by atoms with E-state index in [4.69, 9.17) is 0 Å². The van der Waals surface area contributed by atoms with Crippen LogP contribution < -0.4 is 4.72 Å². The first-order chi connectivity index (χ1) is 8.49. The molecular formula is C11H12N2O3S2. The Kier molecular flexibility index (Phi) is 3.65. The molecular weight excluding hydrogens is 272 g/mol. The average molecular weight is 284 g/mol. The zero-order chi connectivity index (χ0) is 13.2. The highest BCUT2D eigenvalue weighted by molar-refractivity contribution is 7.89. The maximum atomic E-state index is 11.9. The van der Waals surface area contributed by atoms with E-state index < -0.39 is 10.0 Å². The van der Waals surface area contributed by atoms with Crippen LogP contribution in [0.4, 0.5) is 0 Å². The molecule has 1 aromatic carbocycles. The number of hydrogen-bond acceptors (Lipinski definition) is 5. The van der Waals surface area contributed by atoms with E-state index in [0.717, 1.165) is 9.88 Å². The number of phenolic OH excluding ortho intramolecular Hbond substituents is 1. The predicted molar refractivity (Wildman–Crippen MR) is 69.0 cm³/mol. The highest BCUT2D eigenvalue weighted by atomic mass is 32.2. The second-order valence-corrected chi connectivity index (χ2v) is 6.69. The summed E-state index contributed by atoms with van der Waals surface area (Å²) in [5.74, 6) is -0.259. The molecule has 1 aromatic heterocycles. The second-order valence-electron chi connectivity index (χ2n) is 3.64. The number of nitrogens with one attached hydrogen (secondary N) is 1. The van der Waals surface area contributed by atoms with Gasteiger partial charge in [0.15, 0.2) is 0 Å². The van der Waals surface area contributed by atoms with Crippen molar-refractivity contribution in [2.45, 2.75) is 18.4 Å². The van der Waals surface area contributed by atoms with Crippen LogP contribution in [0.3, 0.4) is 0 Å². The molecule has 96 valence electrons. The molecule has 2 rings (SSSR count). The molecule has 0 aliphatic heterocycles. The fourth-order valence-electron chi connectivity index (χ4n) is 1.42. The largest absolute Gasteiger partial charge is 0.507 e. The Labute approximate surface area is 109 Å². The number of thiazole rings is 1. The SMILES string of the molecule is Cc1ncc(CNS(=O)(=O)c2ccccc2O)s1. The van der Waals surface area contributed by atoms with Gasteiger partial charge in [0.25, 0.3) is 0 Å². The molecule has 0 spiro atoms. The number of hydrogen-bond donors (Lipinski definition) is 2. The average Bonchev–Trinajstić information content (AvgIpc) is 2.73. The van der Waals surface area contributed by atoms with Crippen molar-refractivity contribution in [2.24, 2.45) is 0 Å². The summed E-state index contributed by atoms with van der Waals surface area (Å²) < 4.78 is 26.3. The Hall–Kier alpha value is -1.44. The molecule has 1 heterocycles. The van der Waals surface area contributed by atoms with Gasteiger partial charge in [-0.1, -0.05) is 12.1 Å². The molecule has 0 saturated carbocycles. The first-order valence-corrected chi connectivity index (χ1v) is 7.48. The number of phenols is 1. The van der Waals surface area contributed by atoms with Crippen molar-refractivity contribution in [3.63, 3.8) is 0 Å². The molecule has 0 fully saturated rings. The van der Waals surface area contributed by atoms with Gasteiger partial charge in [0.2, 0.25) is 10.0 Å². The molecule has 5 nitrogen and oxygen atoms in total. The smallest absolute Gasteiger partial charge is 0.244 e. The van der Waals surface area contributed by atoms with Crippen molar-refractivity contribution < 1.29 is 13.5 Å². The Morgan fingerprint density at radius 2 is 2.11 bits per heavy atom. The first-order valence-electron chi connectivity index (χ1n) is 5.18. The Morgan fingerprint density at radius 3 is 2.72 bits per heavy atom. The molecule has 0 aliphatic rings. The minimum atomic E-state index is -3.70. The van der Waals surface area contributed by atoms with Crippen molar-refractivity contribution in [1.82, 2.24) is 9.71 Å². The highest BCUT2D eigenvalue weighted by Crippen LogP contribution is 2.21. The molecule has 0 saturated heterocycles. The van der Waals surface area contributed by atoms with Gasteiger partial charge in [0, 0.05) is 17.6 Å². The Bertz CT molecular complexity index is 650. The maximum absolute atomic E-state index is 11.9. The summed E-state index contributed by atoms with van der Waals surface area (Å²) in [6.07, 6.45) is 1.63. The van der Waals surface area contributed by atoms with Gasteiger partial charge < -0.3 is 5.11 Å². The lowest BCUT2D eigenvalue weighted by Crippen LogP contribution is -2.22. The van der Waals surface area contributed by atoms with Crippen LogP contribution in [-0.4, -0.2) is 18.5 Å². The number of aromatic nitrogens is 1. The van der Waals surface area contributed by atoms with E-state index in [-0.39, 0.29) is 17.2 Å². The summed E-state index contributed by atoms with van der Waals surface area (Å²) in [5, 5.41) is 10.4. The van der Waals surface area contributed by atoms with Crippen LogP contribution in [0.25, 0.3) is 0 Å². The maximum Gasteiger partial charge on any atom is 0.244 e. The van der Waals surface area contributed by atoms with Gasteiger partial charge in [0.1, 0.15) is 10.6 Å². The van der Waals surface area contributed by atoms with Crippen LogP contribution in [0, 0.1) is 6.92 Å². The summed E-state index contributed by atoms with van der Waals surface area (Å²) in [5.41, 5.74) is 0. The monoisotopic (exact) mass is 284 g/mol. The van der Waals surface area contributed by atoms with E-state index in [2.05, 4.69) is 9.71 Å². The third kappa shape index (κ3) is 2.87. The first kappa shape index (κ1) is 13.0. The molecule has 7 heteroatoms. The van der Waals surface area contributed by atoms with Gasteiger partial charge >= 0.3 is 0 Å². The minimum absolute atomic E-state index is 0.119. The topological polar surface area (TPSA) is 79.3 Å². The van der Waals surface area contributed by atoms with Gasteiger partial charge in [-0.05, 0) is 19.1 Å². The molecule has 0 radical (unpaired) electrons. The van der Waals surface area contributed by atoms with Crippen molar-refractivity contribution in [2.75, 3.05) is 0 Å². The zero-order valence-electron chi connectivity index (χ0n) is 9.62. The molecule has 0 amide bonds. The minimum Gasteiger partial charge on any atom is -0.507 e. The number of benzene rings is 1. The van der Waals surface area contributed by atoms with Crippen LogP contribution in [0.1, 0.15) is 9.88 Å². The Balaban J connectivity index is 2.16. The standard InChI is InChI=1S/C11H12N2O3S2/c1-8-12-6-9(17-8)7-13-18(15,16)11-5-3-2-4-10(11)14/h2-6,13-14H,7H2,1H3. The summed E-state index contributed by atoms with van der Waals surface area (Å²) in [4.78, 5) is 4.75. The number of nitrogens with zero attached hydrogens (tertiary/aromatic N) is 1. The molecule has 0 unspecified atom stereocenters. The quantitative estimate of drug-likeness (QED) is 0.894. The molecule has 0 bridgehead atoms. The van der Waals surface area contributed by atoms with Crippen LogP contribution >= 0.6 is 11.3 Å². The van der Waals surface area contributed by atoms with Gasteiger partial charge in [-0.2, -0.15) is 0 Å². The number of rotatable bonds is 4. The predicted octanol–water partition coefficient (Wildman–Crippen LogP) is 1.64. The summed E-state index contributed by atoms with van der Waals surface area (Å²) in [6.45, 7) is 2.02. The third-order valence-corrected chi connectivity index (χ3v) is 4.62. The van der Waals surface area contributed by atoms with Crippen molar-refractivity contribution in [1.29, 1.82) is 0 Å². The van der Waals surface area contributed by atoms with E-state index in [1.807, 2.05) is 6.92 Å². The normalized spacial score (nSPS) is 11.6. The summed E-state index contributed by atoms with van der Waals surface area (Å²) in [7, 11) is -3.70. The van der Waals surface area contributed by atoms with Crippen LogP contribution in [0.15, 0.2) is 35.4 Å². The van der Waals surface area contributed by atoms with Gasteiger partial charge in [-0.15, -0.1) is 11.3 Å². The lowest BCUT2D eigenvalue weighted by Gasteiger charge is -2.06. The van der Waals surface area contributed by atoms with Crippen LogP contribution in [0.5, 0.6) is 5.75 Å². The second kappa shape index (κ2) is 5.05. The fourth-order valence-corrected chi connectivity index (χ4v) is 3.34. The molecule has 0 atom stereocenters. The number of aromatic hydroxyl groups is 1. The van der Waals surface area contributed by atoms with Gasteiger partial charge in [-0.25, -0.2) is 18.1 Å². The van der Waals surface area contributed by atoms with Gasteiger partial charge in [-0.3, -0.25) is 0 Å². The number of sulfonamides is 1. The van der Waals surface area contributed by atoms with E-state index >= 15 is 0 Å². The van der Waals surface area contributed by atoms with E-state index in [1.165, 1.54) is 23.5 Å². The van der Waals surface area contributed by atoms with Crippen LogP contribution in [-0.2, 0) is 16.6 Å². The lowest BCUT2D eigenvalue weighted by atomic mass is 10.3. The van der Waals surface area contributed by atoms with E-state index in [9.17, 15) is 13.5 Å². The van der Waals surface area contributed by atoms with E-state index in [0.29, 0.717) is 0 Å². The van der Waals surface area contributed by atoms with Crippen LogP contribution in [0.2, 0.25) is 0 Å². The fraction of sp³-hybridized carbons (Fsp3) is 0.182. The van der Waals surface area contributed by atoms with Crippen molar-refractivity contribution in [3.05, 3.63) is 40.3 Å². The van der Waals surface area contributed by atoms with Crippen molar-refractivity contribution >= 4 is 21.4 Å². The number of aryl methyl sites for hydroxylation is 1. The van der Waals surface area contributed by atoms with Crippen molar-refractivity contribution in [3.8, 4) is 5.75 Å².